The van der Waals surface area contributed by atoms with Gasteiger partial charge in [-0.2, -0.15) is 0 Å². The third-order valence-corrected chi connectivity index (χ3v) is 8.60. The average Bonchev–Trinajstić information content (AvgIpc) is 3.57. The Hall–Kier alpha value is -4.38. The fraction of sp³-hybridized carbons (Fsp3) is 0.346. The van der Waals surface area contributed by atoms with Gasteiger partial charge in [0.25, 0.3) is 5.91 Å². The summed E-state index contributed by atoms with van der Waals surface area (Å²) in [6.45, 7) is 1.03. The van der Waals surface area contributed by atoms with Crippen molar-refractivity contribution in [3.05, 3.63) is 57.9 Å². The van der Waals surface area contributed by atoms with Gasteiger partial charge in [-0.25, -0.2) is 24.3 Å². The number of carbonyl (C=O) groups excluding carboxylic acids is 5. The number of carboxylic acid groups (broad SMARTS) is 1. The Balaban J connectivity index is 1.28. The maximum atomic E-state index is 13.5. The van der Waals surface area contributed by atoms with Crippen LogP contribution in [-0.2, 0) is 28.7 Å². The van der Waals surface area contributed by atoms with Gasteiger partial charge in [0.1, 0.15) is 29.8 Å². The number of carbonyl (C=O) groups is 6. The summed E-state index contributed by atoms with van der Waals surface area (Å²) in [6, 6.07) is 4.34. The highest BCUT2D eigenvalue weighted by Crippen LogP contribution is 2.40. The molecule has 0 bridgehead atoms. The molecule has 0 spiro atoms. The third-order valence-electron chi connectivity index (χ3n) is 6.78. The molecular weight excluding hydrogens is 652 g/mol. The Bertz CT molecular complexity index is 1480. The zero-order chi connectivity index (χ0) is 30.8. The molecule has 43 heavy (non-hydrogen) atoms. The minimum absolute atomic E-state index is 0.00787. The van der Waals surface area contributed by atoms with Gasteiger partial charge in [-0.1, -0.05) is 30.3 Å². The van der Waals surface area contributed by atoms with Crippen LogP contribution in [0, 0.1) is 0 Å². The lowest BCUT2D eigenvalue weighted by molar-refractivity contribution is -0.151. The molecule has 5 rings (SSSR count). The Morgan fingerprint density at radius 2 is 1.95 bits per heavy atom. The predicted molar refractivity (Wildman–Crippen MR) is 153 cm³/mol. The number of hydrogen-bond acceptors (Lipinski definition) is 10. The van der Waals surface area contributed by atoms with Crippen LogP contribution in [0.25, 0.3) is 0 Å². The molecule has 1 aromatic carbocycles. The zero-order valence-corrected chi connectivity index (χ0v) is 24.9. The van der Waals surface area contributed by atoms with Crippen LogP contribution < -0.4 is 10.6 Å². The lowest BCUT2D eigenvalue weighted by atomic mass is 10.0. The van der Waals surface area contributed by atoms with Gasteiger partial charge in [0, 0.05) is 24.7 Å². The molecule has 0 radical (unpaired) electrons. The summed E-state index contributed by atoms with van der Waals surface area (Å²) in [7, 11) is 0. The summed E-state index contributed by atoms with van der Waals surface area (Å²) in [5.41, 5.74) is 0.358. The van der Waals surface area contributed by atoms with Crippen LogP contribution in [0.3, 0.4) is 0 Å². The number of ether oxygens (including phenoxy) is 2. The van der Waals surface area contributed by atoms with E-state index >= 15 is 0 Å². The number of amides is 6. The number of fused-ring (bicyclic) bond motifs is 1. The normalized spacial score (nSPS) is 22.9. The summed E-state index contributed by atoms with van der Waals surface area (Å²) >= 11 is 4.39. The van der Waals surface area contributed by atoms with E-state index in [-0.39, 0.29) is 42.6 Å². The molecule has 0 saturated carbocycles. The molecular formula is C26H25BrN6O9S. The molecule has 1 aromatic rings. The highest BCUT2D eigenvalue weighted by molar-refractivity contribution is 9.11. The molecule has 17 heteroatoms. The van der Waals surface area contributed by atoms with Crippen LogP contribution in [0.4, 0.5) is 9.59 Å². The zero-order valence-electron chi connectivity index (χ0n) is 22.5. The first kappa shape index (κ1) is 30.1. The number of thioether (sulfide) groups is 1. The number of benzene rings is 1. The maximum absolute atomic E-state index is 13.5. The lowest BCUT2D eigenvalue weighted by Gasteiger charge is -2.49. The van der Waals surface area contributed by atoms with Gasteiger partial charge >= 0.3 is 24.0 Å². The van der Waals surface area contributed by atoms with E-state index in [4.69, 9.17) is 9.47 Å². The van der Waals surface area contributed by atoms with Gasteiger partial charge in [0.2, 0.25) is 11.8 Å². The Kier molecular flexibility index (Phi) is 8.72. The summed E-state index contributed by atoms with van der Waals surface area (Å²) in [4.78, 5) is 77.9. The molecule has 0 aromatic heterocycles. The smallest absolute Gasteiger partial charge is 0.352 e. The van der Waals surface area contributed by atoms with E-state index in [2.05, 4.69) is 31.7 Å². The van der Waals surface area contributed by atoms with Crippen molar-refractivity contribution in [2.24, 2.45) is 5.10 Å². The van der Waals surface area contributed by atoms with Crippen LogP contribution in [0.1, 0.15) is 24.9 Å². The molecule has 4 aliphatic heterocycles. The molecule has 6 amide bonds. The van der Waals surface area contributed by atoms with Crippen LogP contribution in [0.5, 0.6) is 0 Å². The maximum Gasteiger partial charge on any atom is 0.352 e. The van der Waals surface area contributed by atoms with E-state index in [1.54, 1.807) is 36.4 Å². The van der Waals surface area contributed by atoms with Crippen LogP contribution in [0.15, 0.2) is 57.4 Å². The van der Waals surface area contributed by atoms with Crippen molar-refractivity contribution in [2.75, 3.05) is 25.4 Å². The summed E-state index contributed by atoms with van der Waals surface area (Å²) < 4.78 is 10.8. The van der Waals surface area contributed by atoms with E-state index in [0.29, 0.717) is 16.7 Å². The molecule has 0 aliphatic carbocycles. The van der Waals surface area contributed by atoms with Crippen LogP contribution in [0.2, 0.25) is 0 Å². The molecule has 15 nitrogen and oxygen atoms in total. The van der Waals surface area contributed by atoms with Crippen molar-refractivity contribution in [1.82, 2.24) is 25.4 Å². The Labute approximate surface area is 257 Å². The molecule has 2 saturated heterocycles. The van der Waals surface area contributed by atoms with Crippen molar-refractivity contribution in [3.8, 4) is 0 Å². The molecule has 3 N–H and O–H groups in total. The number of rotatable bonds is 8. The minimum atomic E-state index is -1.36. The van der Waals surface area contributed by atoms with E-state index in [0.717, 1.165) is 14.8 Å². The highest BCUT2D eigenvalue weighted by atomic mass is 79.9. The Morgan fingerprint density at radius 1 is 1.21 bits per heavy atom. The average molecular weight is 677 g/mol. The molecule has 226 valence electrons. The first-order valence-corrected chi connectivity index (χ1v) is 14.8. The topological polar surface area (TPSA) is 187 Å². The second-order valence-corrected chi connectivity index (χ2v) is 11.5. The Morgan fingerprint density at radius 3 is 2.60 bits per heavy atom. The van der Waals surface area contributed by atoms with Gasteiger partial charge in [0.05, 0.1) is 13.1 Å². The number of β-lactam (4-membered cyclic amide) rings is 1. The summed E-state index contributed by atoms with van der Waals surface area (Å²) in [5.74, 6) is -2.92. The van der Waals surface area contributed by atoms with Gasteiger partial charge in [-0.15, -0.1) is 16.9 Å². The minimum Gasteiger partial charge on any atom is -0.477 e. The SMILES string of the molecule is CC(=O)OCC1=C(C(=O)O)N2C(=O)C(NC(=O)[C@H](NC(=O)N3CCN(N=C4CC=C(Br)O4)C3=O)c3ccccc3)[C@H]2SC1. The van der Waals surface area contributed by atoms with E-state index in [1.165, 1.54) is 18.7 Å². The van der Waals surface area contributed by atoms with Crippen molar-refractivity contribution >= 4 is 69.4 Å². The van der Waals surface area contributed by atoms with Crippen molar-refractivity contribution < 1.29 is 43.3 Å². The molecule has 4 aliphatic rings. The number of hydrogen-bond donors (Lipinski definition) is 3. The number of nitrogens with one attached hydrogen (secondary N) is 2. The monoisotopic (exact) mass is 676 g/mol. The molecule has 4 heterocycles. The third kappa shape index (κ3) is 6.22. The lowest BCUT2D eigenvalue weighted by Crippen LogP contribution is -2.71. The summed E-state index contributed by atoms with van der Waals surface area (Å²) in [5, 5.41) is 19.5. The molecule has 2 fully saturated rings. The van der Waals surface area contributed by atoms with Gasteiger partial charge < -0.3 is 25.2 Å². The standard InChI is InChI=1S/C26H25BrN6O9S/c1-13(34)41-11-15-12-43-23-19(22(36)33(23)20(15)24(37)38)28-21(35)18(14-5-3-2-4-6-14)29-25(39)31-9-10-32(26(31)40)30-17-8-7-16(27)42-17/h2-7,18-19,23H,8-12H2,1H3,(H,28,35)(H,29,39)(H,37,38)/t18-,19?,23-/m1/s1. The summed E-state index contributed by atoms with van der Waals surface area (Å²) in [6.07, 6.45) is 2.10. The van der Waals surface area contributed by atoms with Gasteiger partial charge in [-0.05, 0) is 27.6 Å². The van der Waals surface area contributed by atoms with Crippen LogP contribution in [-0.4, -0.2) is 98.5 Å². The molecule has 3 atom stereocenters. The number of nitrogens with zero attached hydrogens (tertiary/aromatic N) is 4. The van der Waals surface area contributed by atoms with E-state index in [1.807, 2.05) is 0 Å². The van der Waals surface area contributed by atoms with Gasteiger partial charge in [-0.3, -0.25) is 19.3 Å². The second kappa shape index (κ2) is 12.5. The van der Waals surface area contributed by atoms with Crippen molar-refractivity contribution in [2.45, 2.75) is 30.8 Å². The highest BCUT2D eigenvalue weighted by Gasteiger charge is 2.54. The fourth-order valence-corrected chi connectivity index (χ4v) is 6.41. The predicted octanol–water partition coefficient (Wildman–Crippen LogP) is 1.45. The quantitative estimate of drug-likeness (QED) is 0.269. The number of hydrazone groups is 1. The fourth-order valence-electron chi connectivity index (χ4n) is 4.73. The number of halogens is 1. The van der Waals surface area contributed by atoms with E-state index in [9.17, 15) is 33.9 Å². The number of urea groups is 2. The van der Waals surface area contributed by atoms with Crippen LogP contribution >= 0.6 is 27.7 Å². The first-order chi connectivity index (χ1) is 20.5. The van der Waals surface area contributed by atoms with E-state index < -0.39 is 53.3 Å². The largest absolute Gasteiger partial charge is 0.477 e. The first-order valence-electron chi connectivity index (χ1n) is 12.9. The molecule has 1 unspecified atom stereocenters. The number of aliphatic carboxylic acids is 1. The number of esters is 1. The second-order valence-electron chi connectivity index (χ2n) is 9.59. The van der Waals surface area contributed by atoms with Crippen molar-refractivity contribution in [1.29, 1.82) is 0 Å². The van der Waals surface area contributed by atoms with Crippen molar-refractivity contribution in [3.63, 3.8) is 0 Å². The number of imide groups is 1. The number of carboxylic acids is 1. The van der Waals surface area contributed by atoms with Gasteiger partial charge in [0.15, 0.2) is 4.67 Å².